The molecule has 8 unspecified atom stereocenters. The van der Waals surface area contributed by atoms with Crippen LogP contribution in [0.2, 0.25) is 0 Å². The molecule has 0 bridgehead atoms. The molecule has 0 radical (unpaired) electrons. The quantitative estimate of drug-likeness (QED) is 0.0394. The summed E-state index contributed by atoms with van der Waals surface area (Å²) in [4.78, 5) is 116. The number of phosphoric acid groups is 6. The monoisotopic (exact) mass is 1620 g/mol. The normalized spacial score (nSPS) is 33.2. The van der Waals surface area contributed by atoms with Gasteiger partial charge in [0.15, 0.2) is 24.9 Å². The van der Waals surface area contributed by atoms with E-state index < -0.39 is 200 Å². The standard InChI is InChI=1S/C11H18N3O13P3.C10H14Cl2N3O6P.C10H18N3O14P3.C10H15N3O5/c1-2-5-3-14(11(17)13-9(5)12)10-8(16)7(15)6(24-10)4-23-30(22)26-28(18,19)25-29(20,21)27-30;1-4-2-15(10(18)14-8(4)13)9-7(17)6(16)5(21-9)3-20-22(11,12)19;1-4-2-13(10(16)12-8(4)11)9-7(15)6(14)5(25-9)3-24-29(20,21)27-30(22,23)26-28(17,18)19;1-4-2-13(10(17)12-8(4)11)9-7(16)6(15)5(3-14)18-9/h3,6-8,10,15-16H,2,4H2,1H3,(H,18,19)(H,20,21)(H2,12,13,17);2,5-7,9,16-17H,3H2,1H3,(H2,13,14,18);2,5-7,9,14-15H,3H2,1H3,(H,20,21)(H,22,23)(H2,11,12,16)(H2,17,18,19);2,5-7,9,14-16H,3H2,1H3,(H2,11,12,17)/t6-,7?,8+,10-;3*5-,6?,7+,9-/m1111/s1. The lowest BCUT2D eigenvalue weighted by Crippen LogP contribution is -2.36. The number of phosphoric ester groups is 1. The van der Waals surface area contributed by atoms with Crippen molar-refractivity contribution in [1.82, 2.24) is 38.2 Å². The van der Waals surface area contributed by atoms with Gasteiger partial charge in [-0.15, -0.1) is 0 Å². The summed E-state index contributed by atoms with van der Waals surface area (Å²) in [5.41, 5.74) is 20.7. The molecule has 0 saturated carbocycles. The highest BCUT2D eigenvalue weighted by Crippen LogP contribution is 2.80. The molecular formula is C41H65Cl2N12O38P7. The zero-order valence-electron chi connectivity index (χ0n) is 51.0. The van der Waals surface area contributed by atoms with Crippen molar-refractivity contribution < 1.29 is 161 Å². The van der Waals surface area contributed by atoms with Crippen LogP contribution in [0.5, 0.6) is 0 Å². The summed E-state index contributed by atoms with van der Waals surface area (Å²) in [5, 5.41) is 88.8. The molecule has 59 heteroatoms. The summed E-state index contributed by atoms with van der Waals surface area (Å²) in [7, 11) is -32.3. The van der Waals surface area contributed by atoms with Crippen LogP contribution in [-0.2, 0) is 92.4 Å². The van der Waals surface area contributed by atoms with E-state index in [4.69, 9.17) is 84.2 Å². The Morgan fingerprint density at radius 3 is 1.14 bits per heavy atom. The minimum absolute atomic E-state index is 0.0135. The fourth-order valence-electron chi connectivity index (χ4n) is 8.93. The molecule has 0 aliphatic carbocycles. The largest absolute Gasteiger partial charge is 0.492 e. The second-order valence-electron chi connectivity index (χ2n) is 21.1. The van der Waals surface area contributed by atoms with Gasteiger partial charge in [0.25, 0.3) is 0 Å². The average Bonchev–Trinajstić information content (AvgIpc) is 1.35. The van der Waals surface area contributed by atoms with Gasteiger partial charge < -0.3 is 122 Å². The molecule has 23 N–H and O–H groups in total. The lowest BCUT2D eigenvalue weighted by Gasteiger charge is -2.27. The van der Waals surface area contributed by atoms with E-state index in [0.717, 1.165) is 18.3 Å². The van der Waals surface area contributed by atoms with E-state index in [0.29, 0.717) is 28.7 Å². The lowest BCUT2D eigenvalue weighted by molar-refractivity contribution is -0.0550. The van der Waals surface area contributed by atoms with Crippen molar-refractivity contribution in [3.8, 4) is 0 Å². The van der Waals surface area contributed by atoms with Crippen LogP contribution in [0.4, 0.5) is 23.3 Å². The summed E-state index contributed by atoms with van der Waals surface area (Å²) in [6, 6.07) is 0. The van der Waals surface area contributed by atoms with E-state index in [-0.39, 0.29) is 23.3 Å². The predicted molar refractivity (Wildman–Crippen MR) is 328 cm³/mol. The Balaban J connectivity index is 0.000000214. The molecule has 4 aromatic rings. The number of nitrogens with two attached hydrogens (primary N) is 4. The number of hydrogen-bond donors (Lipinski definition) is 19. The van der Waals surface area contributed by atoms with Crippen molar-refractivity contribution in [3.63, 3.8) is 0 Å². The molecule has 9 heterocycles. The van der Waals surface area contributed by atoms with Gasteiger partial charge in [0.05, 0.1) is 26.4 Å². The van der Waals surface area contributed by atoms with Crippen LogP contribution in [0.3, 0.4) is 0 Å². The number of ether oxygens (including phenoxy) is 4. The summed E-state index contributed by atoms with van der Waals surface area (Å²) in [5.74, 6) is 0.0660. The van der Waals surface area contributed by atoms with Crippen LogP contribution < -0.4 is 45.7 Å². The van der Waals surface area contributed by atoms with Gasteiger partial charge in [-0.1, -0.05) is 6.92 Å². The maximum Gasteiger partial charge on any atom is 0.492 e. The number of aromatic nitrogens is 8. The predicted octanol–water partition coefficient (Wildman–Crippen LogP) is -4.41. The van der Waals surface area contributed by atoms with Crippen molar-refractivity contribution in [1.29, 1.82) is 0 Å². The van der Waals surface area contributed by atoms with Crippen LogP contribution in [0.15, 0.2) is 44.0 Å². The first-order valence-corrected chi connectivity index (χ1v) is 39.8. The first-order valence-electron chi connectivity index (χ1n) is 27.4. The summed E-state index contributed by atoms with van der Waals surface area (Å²) < 4.78 is 137. The molecule has 5 saturated heterocycles. The molecule has 4 aromatic heterocycles. The molecule has 0 spiro atoms. The van der Waals surface area contributed by atoms with E-state index in [2.05, 4.69) is 55.1 Å². The Bertz CT molecular complexity index is 4200. The van der Waals surface area contributed by atoms with Crippen LogP contribution in [-0.4, -0.2) is 213 Å². The zero-order valence-corrected chi connectivity index (χ0v) is 58.7. The third kappa shape index (κ3) is 22.0. The molecule has 5 fully saturated rings. The second kappa shape index (κ2) is 33.1. The van der Waals surface area contributed by atoms with Gasteiger partial charge in [-0.25, -0.2) is 46.6 Å². The highest BCUT2D eigenvalue weighted by molar-refractivity contribution is 8.05. The number of nitrogen functional groups attached to an aromatic ring is 4. The number of aliphatic hydroxyl groups is 9. The third-order valence-electron chi connectivity index (χ3n) is 13.8. The first kappa shape index (κ1) is 84.8. The smallest absolute Gasteiger partial charge is 0.394 e. The average molecular weight is 1620 g/mol. The van der Waals surface area contributed by atoms with E-state index in [1.54, 1.807) is 20.8 Å². The van der Waals surface area contributed by atoms with E-state index in [1.807, 2.05) is 0 Å². The molecule has 0 aromatic carbocycles. The second-order valence-corrected chi connectivity index (χ2v) is 34.8. The van der Waals surface area contributed by atoms with Gasteiger partial charge in [-0.3, -0.25) is 31.9 Å². The molecule has 9 rings (SSSR count). The Labute approximate surface area is 566 Å². The number of hydrogen-bond acceptors (Lipinski definition) is 40. The summed E-state index contributed by atoms with van der Waals surface area (Å²) >= 11 is 10.5. The SMILES string of the molecule is CCc1cn([C@@H]2O[C@H](COP3(=O)OP(=O)(O)OP(=O)(O)O3)C(O)[C@@H]2O)c(=O)nc1N.Cc1cn([C@@H]2O[C@H](CO)C(O)[C@@H]2O)c(=O)nc1N.Cc1cn([C@@H]2O[C@H](COP(=O)(Cl)Cl)C(O)[C@@H]2O)c(=O)nc1N.Cc1cn([C@@H]2O[C@H](COP(=O)(O)OP(=O)(O)OP(=O)(O)O)C(O)[C@@H]2O)c(=O)nc1N. The van der Waals surface area contributed by atoms with Crippen molar-refractivity contribution >= 4 is 98.8 Å². The Hall–Kier alpha value is -4.17. The first-order chi connectivity index (χ1) is 45.8. The summed E-state index contributed by atoms with van der Waals surface area (Å²) in [6.45, 7) is 3.72. The Kier molecular flexibility index (Phi) is 28.1. The number of aliphatic hydroxyl groups excluding tert-OH is 9. The van der Waals surface area contributed by atoms with E-state index in [9.17, 15) is 107 Å². The number of anilines is 4. The topological polar surface area (TPSA) is 777 Å². The number of halogens is 2. The van der Waals surface area contributed by atoms with Gasteiger partial charge in [-0.05, 0) is 49.7 Å². The fourth-order valence-corrected chi connectivity index (χ4v) is 17.6. The van der Waals surface area contributed by atoms with Gasteiger partial charge in [0, 0.05) is 47.0 Å². The van der Waals surface area contributed by atoms with Crippen LogP contribution in [0, 0.1) is 20.8 Å². The third-order valence-corrected chi connectivity index (χ3v) is 24.0. The molecule has 566 valence electrons. The molecule has 20 atom stereocenters. The maximum absolute atomic E-state index is 12.2. The number of nitrogens with zero attached hydrogens (tertiary/aromatic N) is 8. The molecule has 0 amide bonds. The van der Waals surface area contributed by atoms with Crippen LogP contribution in [0.25, 0.3) is 0 Å². The molecule has 50 nitrogen and oxygen atoms in total. The molecular weight excluding hydrogens is 1560 g/mol. The Morgan fingerprint density at radius 1 is 0.490 bits per heavy atom. The number of rotatable bonds is 19. The molecule has 5 aliphatic heterocycles. The zero-order chi connectivity index (χ0) is 75.7. The van der Waals surface area contributed by atoms with Gasteiger partial charge in [-0.2, -0.15) is 41.5 Å². The van der Waals surface area contributed by atoms with Crippen molar-refractivity contribution in [2.24, 2.45) is 0 Å². The minimum atomic E-state index is -5.72. The fraction of sp³-hybridized carbons (Fsp3) is 0.610. The van der Waals surface area contributed by atoms with Crippen LogP contribution >= 0.6 is 75.5 Å². The van der Waals surface area contributed by atoms with E-state index >= 15 is 0 Å². The van der Waals surface area contributed by atoms with Gasteiger partial charge in [0.1, 0.15) is 96.5 Å². The van der Waals surface area contributed by atoms with Crippen LogP contribution in [0.1, 0.15) is 54.1 Å². The molecule has 5 aliphatic rings. The minimum Gasteiger partial charge on any atom is -0.394 e. The number of aryl methyl sites for hydroxylation is 4. The lowest BCUT2D eigenvalue weighted by atomic mass is 10.1. The molecule has 100 heavy (non-hydrogen) atoms. The van der Waals surface area contributed by atoms with Crippen molar-refractivity contribution in [3.05, 3.63) is 89.0 Å². The van der Waals surface area contributed by atoms with Crippen molar-refractivity contribution in [2.45, 2.75) is 132 Å². The van der Waals surface area contributed by atoms with Gasteiger partial charge >= 0.3 is 75.8 Å². The van der Waals surface area contributed by atoms with Crippen molar-refractivity contribution in [2.75, 3.05) is 49.4 Å². The summed E-state index contributed by atoms with van der Waals surface area (Å²) in [6.07, 6.45) is -20.7. The Morgan fingerprint density at radius 2 is 0.810 bits per heavy atom. The van der Waals surface area contributed by atoms with Gasteiger partial charge in [0.2, 0.25) is 0 Å². The van der Waals surface area contributed by atoms with E-state index in [1.165, 1.54) is 31.7 Å². The maximum atomic E-state index is 12.2. The highest BCUT2D eigenvalue weighted by Gasteiger charge is 2.56. The highest BCUT2D eigenvalue weighted by atomic mass is 35.9.